The molecule has 1 unspecified atom stereocenters. The number of ether oxygens (including phenoxy) is 2. The summed E-state index contributed by atoms with van der Waals surface area (Å²) in [6.07, 6.45) is 1.09. The number of aromatic nitrogens is 2. The number of fused-ring (bicyclic) bond motifs is 2. The SMILES string of the molecule is CN(CC1COc2ccccc2O1)c1nc2ccccn2c(=O)c1[N+](=O)[O-]. The smallest absolute Gasteiger partial charge is 0.376 e. The van der Waals surface area contributed by atoms with Gasteiger partial charge >= 0.3 is 11.2 Å². The van der Waals surface area contributed by atoms with Crippen LogP contribution in [0.5, 0.6) is 11.5 Å². The van der Waals surface area contributed by atoms with Crippen LogP contribution in [0.2, 0.25) is 0 Å². The van der Waals surface area contributed by atoms with Gasteiger partial charge in [-0.2, -0.15) is 0 Å². The van der Waals surface area contributed by atoms with Gasteiger partial charge in [0.15, 0.2) is 17.6 Å². The molecular formula is C18H16N4O5. The molecule has 1 aliphatic heterocycles. The lowest BCUT2D eigenvalue weighted by molar-refractivity contribution is -0.385. The van der Waals surface area contributed by atoms with Gasteiger partial charge < -0.3 is 14.4 Å². The summed E-state index contributed by atoms with van der Waals surface area (Å²) in [6, 6.07) is 12.3. The molecule has 27 heavy (non-hydrogen) atoms. The van der Waals surface area contributed by atoms with E-state index in [0.29, 0.717) is 23.8 Å². The molecule has 0 amide bonds. The molecule has 0 N–H and O–H groups in total. The highest BCUT2D eigenvalue weighted by molar-refractivity contribution is 5.61. The normalized spacial score (nSPS) is 15.5. The summed E-state index contributed by atoms with van der Waals surface area (Å²) in [6.45, 7) is 0.562. The second kappa shape index (κ2) is 6.60. The molecule has 0 saturated heterocycles. The van der Waals surface area contributed by atoms with Crippen LogP contribution in [-0.4, -0.2) is 40.6 Å². The Bertz CT molecular complexity index is 1080. The lowest BCUT2D eigenvalue weighted by atomic mass is 10.2. The Balaban J connectivity index is 1.67. The van der Waals surface area contributed by atoms with Gasteiger partial charge in [0.2, 0.25) is 5.82 Å². The molecule has 0 spiro atoms. The van der Waals surface area contributed by atoms with Gasteiger partial charge in [-0.05, 0) is 24.3 Å². The molecule has 0 bridgehead atoms. The topological polar surface area (TPSA) is 99.2 Å². The van der Waals surface area contributed by atoms with Crippen molar-refractivity contribution in [2.24, 2.45) is 0 Å². The zero-order chi connectivity index (χ0) is 19.0. The number of hydrogen-bond donors (Lipinski definition) is 0. The molecule has 3 aromatic rings. The maximum absolute atomic E-state index is 12.5. The minimum Gasteiger partial charge on any atom is -0.486 e. The Morgan fingerprint density at radius 2 is 2.00 bits per heavy atom. The van der Waals surface area contributed by atoms with Crippen molar-refractivity contribution in [3.8, 4) is 11.5 Å². The predicted molar refractivity (Wildman–Crippen MR) is 97.7 cm³/mol. The summed E-state index contributed by atoms with van der Waals surface area (Å²) in [7, 11) is 1.64. The standard InChI is InChI=1S/C18H16N4O5/c1-20(10-12-11-26-13-6-2-3-7-14(13)27-12)17-16(22(24)25)18(23)21-9-5-4-8-15(21)19-17/h2-9,12H,10-11H2,1H3. The van der Waals surface area contributed by atoms with Crippen LogP contribution >= 0.6 is 0 Å². The van der Waals surface area contributed by atoms with E-state index in [0.717, 1.165) is 4.40 Å². The first kappa shape index (κ1) is 16.8. The third kappa shape index (κ3) is 3.03. The van der Waals surface area contributed by atoms with Crippen LogP contribution in [0.4, 0.5) is 11.5 Å². The molecule has 2 aromatic heterocycles. The summed E-state index contributed by atoms with van der Waals surface area (Å²) in [5, 5.41) is 11.5. The summed E-state index contributed by atoms with van der Waals surface area (Å²) in [5.41, 5.74) is -0.960. The van der Waals surface area contributed by atoms with Crippen molar-refractivity contribution in [1.82, 2.24) is 9.38 Å². The quantitative estimate of drug-likeness (QED) is 0.512. The Labute approximate surface area is 153 Å². The molecule has 3 heterocycles. The van der Waals surface area contributed by atoms with Gasteiger partial charge in [0, 0.05) is 13.2 Å². The van der Waals surface area contributed by atoms with Crippen molar-refractivity contribution in [2.75, 3.05) is 25.1 Å². The van der Waals surface area contributed by atoms with E-state index >= 15 is 0 Å². The van der Waals surface area contributed by atoms with E-state index in [-0.39, 0.29) is 18.5 Å². The van der Waals surface area contributed by atoms with Gasteiger partial charge in [-0.15, -0.1) is 0 Å². The van der Waals surface area contributed by atoms with Gasteiger partial charge in [0.1, 0.15) is 12.3 Å². The van der Waals surface area contributed by atoms with Crippen molar-refractivity contribution in [1.29, 1.82) is 0 Å². The van der Waals surface area contributed by atoms with Crippen LogP contribution in [0, 0.1) is 10.1 Å². The van der Waals surface area contributed by atoms with E-state index in [1.807, 2.05) is 18.2 Å². The van der Waals surface area contributed by atoms with Crippen LogP contribution in [-0.2, 0) is 0 Å². The molecule has 0 radical (unpaired) electrons. The number of rotatable bonds is 4. The largest absolute Gasteiger partial charge is 0.486 e. The predicted octanol–water partition coefficient (Wildman–Crippen LogP) is 1.88. The number of hydrogen-bond acceptors (Lipinski definition) is 7. The zero-order valence-electron chi connectivity index (χ0n) is 14.4. The van der Waals surface area contributed by atoms with E-state index in [1.165, 1.54) is 6.20 Å². The Morgan fingerprint density at radius 3 is 2.78 bits per heavy atom. The zero-order valence-corrected chi connectivity index (χ0v) is 14.4. The number of para-hydroxylation sites is 2. The van der Waals surface area contributed by atoms with Crippen LogP contribution < -0.4 is 19.9 Å². The highest BCUT2D eigenvalue weighted by atomic mass is 16.6. The monoisotopic (exact) mass is 368 g/mol. The number of nitro groups is 1. The first-order chi connectivity index (χ1) is 13.0. The molecule has 0 aliphatic carbocycles. The minimum absolute atomic E-state index is 0.00124. The summed E-state index contributed by atoms with van der Waals surface area (Å²) >= 11 is 0. The number of benzene rings is 1. The van der Waals surface area contributed by atoms with Crippen LogP contribution in [0.25, 0.3) is 5.65 Å². The molecule has 0 fully saturated rings. The van der Waals surface area contributed by atoms with Gasteiger partial charge in [0.25, 0.3) is 0 Å². The first-order valence-corrected chi connectivity index (χ1v) is 8.30. The molecule has 1 atom stereocenters. The molecule has 138 valence electrons. The van der Waals surface area contributed by atoms with Crippen LogP contribution in [0.1, 0.15) is 0 Å². The lowest BCUT2D eigenvalue weighted by Crippen LogP contribution is -2.40. The molecule has 9 nitrogen and oxygen atoms in total. The van der Waals surface area contributed by atoms with E-state index in [4.69, 9.17) is 9.47 Å². The third-order valence-electron chi connectivity index (χ3n) is 4.28. The minimum atomic E-state index is -0.724. The fourth-order valence-corrected chi connectivity index (χ4v) is 3.04. The van der Waals surface area contributed by atoms with E-state index in [2.05, 4.69) is 4.98 Å². The number of pyridine rings is 1. The van der Waals surface area contributed by atoms with Crippen LogP contribution in [0.15, 0.2) is 53.5 Å². The molecule has 1 aliphatic rings. The summed E-state index contributed by atoms with van der Waals surface area (Å²) in [5.74, 6) is 1.27. The number of anilines is 1. The second-order valence-corrected chi connectivity index (χ2v) is 6.15. The van der Waals surface area contributed by atoms with E-state index in [1.54, 1.807) is 36.2 Å². The Kier molecular flexibility index (Phi) is 4.11. The average Bonchev–Trinajstić information content (AvgIpc) is 2.67. The van der Waals surface area contributed by atoms with Gasteiger partial charge in [0.05, 0.1) is 11.5 Å². The first-order valence-electron chi connectivity index (χ1n) is 8.30. The van der Waals surface area contributed by atoms with Gasteiger partial charge in [-0.1, -0.05) is 18.2 Å². The third-order valence-corrected chi connectivity index (χ3v) is 4.28. The highest BCUT2D eigenvalue weighted by Gasteiger charge is 2.29. The number of likely N-dealkylation sites (N-methyl/N-ethyl adjacent to an activating group) is 1. The Morgan fingerprint density at radius 1 is 1.26 bits per heavy atom. The van der Waals surface area contributed by atoms with Crippen molar-refractivity contribution < 1.29 is 14.4 Å². The van der Waals surface area contributed by atoms with Crippen LogP contribution in [0.3, 0.4) is 0 Å². The maximum Gasteiger partial charge on any atom is 0.376 e. The highest BCUT2D eigenvalue weighted by Crippen LogP contribution is 2.31. The van der Waals surface area contributed by atoms with Crippen molar-refractivity contribution in [2.45, 2.75) is 6.10 Å². The summed E-state index contributed by atoms with van der Waals surface area (Å²) < 4.78 is 12.7. The molecular weight excluding hydrogens is 352 g/mol. The Hall–Kier alpha value is -3.62. The lowest BCUT2D eigenvalue weighted by Gasteiger charge is -2.29. The summed E-state index contributed by atoms with van der Waals surface area (Å²) in [4.78, 5) is 29.2. The van der Waals surface area contributed by atoms with E-state index in [9.17, 15) is 14.9 Å². The fourth-order valence-electron chi connectivity index (χ4n) is 3.04. The molecule has 1 aromatic carbocycles. The molecule has 9 heteroatoms. The average molecular weight is 368 g/mol. The van der Waals surface area contributed by atoms with E-state index < -0.39 is 16.2 Å². The molecule has 0 saturated carbocycles. The van der Waals surface area contributed by atoms with Crippen molar-refractivity contribution >= 4 is 17.2 Å². The van der Waals surface area contributed by atoms with Gasteiger partial charge in [-0.25, -0.2) is 4.98 Å². The van der Waals surface area contributed by atoms with Gasteiger partial charge in [-0.3, -0.25) is 19.3 Å². The number of nitrogens with zero attached hydrogens (tertiary/aromatic N) is 4. The fraction of sp³-hybridized carbons (Fsp3) is 0.222. The second-order valence-electron chi connectivity index (χ2n) is 6.15. The van der Waals surface area contributed by atoms with Crippen molar-refractivity contribution in [3.05, 3.63) is 69.1 Å². The molecule has 4 rings (SSSR count). The van der Waals surface area contributed by atoms with Crippen molar-refractivity contribution in [3.63, 3.8) is 0 Å². The maximum atomic E-state index is 12.5.